The highest BCUT2D eigenvalue weighted by molar-refractivity contribution is 7.26. The summed E-state index contributed by atoms with van der Waals surface area (Å²) in [7, 11) is 0. The first-order chi connectivity index (χ1) is 22.3. The molecule has 0 saturated carbocycles. The van der Waals surface area contributed by atoms with Gasteiger partial charge in [-0.2, -0.15) is 0 Å². The first kappa shape index (κ1) is 25.8. The Balaban J connectivity index is 1.30. The van der Waals surface area contributed by atoms with E-state index in [-0.39, 0.29) is 0 Å². The highest BCUT2D eigenvalue weighted by Gasteiger charge is 2.19. The maximum Gasteiger partial charge on any atom is 0.162 e. The molecule has 0 bridgehead atoms. The van der Waals surface area contributed by atoms with Crippen molar-refractivity contribution >= 4 is 53.2 Å². The largest absolute Gasteiger partial charge is 0.227 e. The number of rotatable bonds is 4. The van der Waals surface area contributed by atoms with E-state index in [0.29, 0.717) is 0 Å². The lowest BCUT2D eigenvalue weighted by molar-refractivity contribution is 1.25. The zero-order valence-corrected chi connectivity index (χ0v) is 25.1. The molecule has 2 nitrogen and oxygen atoms in total. The average molecular weight is 591 g/mol. The number of fused-ring (bicyclic) bond motifs is 6. The number of aromatic nitrogens is 2. The van der Waals surface area contributed by atoms with Gasteiger partial charge in [0.05, 0.1) is 5.69 Å². The fraction of sp³-hybridized carbons (Fsp3) is 0. The van der Waals surface area contributed by atoms with Crippen LogP contribution in [0.1, 0.15) is 0 Å². The van der Waals surface area contributed by atoms with Crippen molar-refractivity contribution in [2.24, 2.45) is 0 Å². The average Bonchev–Trinajstić information content (AvgIpc) is 3.51. The fourth-order valence-corrected chi connectivity index (χ4v) is 7.72. The lowest BCUT2D eigenvalue weighted by Crippen LogP contribution is -1.94. The van der Waals surface area contributed by atoms with Crippen molar-refractivity contribution in [1.29, 1.82) is 0 Å². The molecule has 0 unspecified atom stereocenters. The molecule has 0 spiro atoms. The molecule has 3 heteroatoms. The predicted molar refractivity (Wildman–Crippen MR) is 192 cm³/mol. The van der Waals surface area contributed by atoms with Gasteiger partial charge in [-0.15, -0.1) is 11.3 Å². The van der Waals surface area contributed by atoms with Crippen molar-refractivity contribution in [2.75, 3.05) is 0 Å². The number of hydrogen-bond acceptors (Lipinski definition) is 3. The summed E-state index contributed by atoms with van der Waals surface area (Å²) < 4.78 is 1.25. The molecule has 9 rings (SSSR count). The van der Waals surface area contributed by atoms with Crippen LogP contribution in [0.3, 0.4) is 0 Å². The van der Waals surface area contributed by atoms with E-state index in [1.807, 2.05) is 0 Å². The van der Waals surface area contributed by atoms with Gasteiger partial charge in [0.1, 0.15) is 4.83 Å². The fourth-order valence-electron chi connectivity index (χ4n) is 6.51. The minimum Gasteiger partial charge on any atom is -0.227 e. The molecular weight excluding hydrogens is 565 g/mol. The molecule has 45 heavy (non-hydrogen) atoms. The second-order valence-corrected chi connectivity index (χ2v) is 12.4. The topological polar surface area (TPSA) is 25.8 Å². The SMILES string of the molecule is c1ccc(-c2cccc(-c3cccc(-c4nc(-c5cccc6ccccc56)nc5sc6c7ccccc7ccc6c45)c3)c2)cc1. The molecule has 0 radical (unpaired) electrons. The molecule has 2 heterocycles. The number of thiophene rings is 1. The van der Waals surface area contributed by atoms with Crippen molar-refractivity contribution in [3.8, 4) is 44.9 Å². The standard InChI is InChI=1S/C42H26N2S/c1-2-11-27(12-3-1)30-16-8-17-31(25-30)32-18-9-19-33(26-32)39-38-37-24-23-29-14-5-7-21-35(29)40(37)45-42(38)44-41(43-39)36-22-10-15-28-13-4-6-20-34(28)36/h1-26H. The molecule has 0 saturated heterocycles. The first-order valence-corrected chi connectivity index (χ1v) is 16.0. The van der Waals surface area contributed by atoms with Crippen LogP contribution in [0.15, 0.2) is 158 Å². The second kappa shape index (κ2) is 10.5. The Hall–Kier alpha value is -5.64. The van der Waals surface area contributed by atoms with Gasteiger partial charge in [0.2, 0.25) is 0 Å². The third-order valence-corrected chi connectivity index (χ3v) is 9.83. The highest BCUT2D eigenvalue weighted by atomic mass is 32.1. The molecule has 2 aromatic heterocycles. The Bertz CT molecular complexity index is 2540. The van der Waals surface area contributed by atoms with Crippen LogP contribution >= 0.6 is 11.3 Å². The Morgan fingerprint density at radius 1 is 0.400 bits per heavy atom. The predicted octanol–water partition coefficient (Wildman–Crippen LogP) is 11.8. The second-order valence-electron chi connectivity index (χ2n) is 11.4. The molecule has 0 amide bonds. The summed E-state index contributed by atoms with van der Waals surface area (Å²) in [6.07, 6.45) is 0. The summed E-state index contributed by atoms with van der Waals surface area (Å²) in [4.78, 5) is 11.7. The molecule has 0 fully saturated rings. The van der Waals surface area contributed by atoms with Crippen molar-refractivity contribution in [1.82, 2.24) is 9.97 Å². The normalized spacial score (nSPS) is 11.6. The molecule has 0 N–H and O–H groups in total. The molecule has 7 aromatic carbocycles. The highest BCUT2D eigenvalue weighted by Crippen LogP contribution is 2.43. The maximum absolute atomic E-state index is 5.39. The van der Waals surface area contributed by atoms with Gasteiger partial charge in [0.15, 0.2) is 5.82 Å². The Morgan fingerprint density at radius 3 is 1.78 bits per heavy atom. The van der Waals surface area contributed by atoms with E-state index in [1.165, 1.54) is 42.9 Å². The zero-order valence-electron chi connectivity index (χ0n) is 24.3. The minimum atomic E-state index is 0.752. The van der Waals surface area contributed by atoms with Gasteiger partial charge < -0.3 is 0 Å². The van der Waals surface area contributed by atoms with Gasteiger partial charge >= 0.3 is 0 Å². The van der Waals surface area contributed by atoms with Crippen molar-refractivity contribution < 1.29 is 0 Å². The van der Waals surface area contributed by atoms with E-state index in [2.05, 4.69) is 158 Å². The van der Waals surface area contributed by atoms with E-state index >= 15 is 0 Å². The van der Waals surface area contributed by atoms with Crippen LogP contribution in [0.2, 0.25) is 0 Å². The third kappa shape index (κ3) is 4.40. The molecule has 0 aliphatic rings. The van der Waals surface area contributed by atoms with Gasteiger partial charge in [0.25, 0.3) is 0 Å². The Labute approximate surface area is 264 Å². The summed E-state index contributed by atoms with van der Waals surface area (Å²) in [6.45, 7) is 0. The monoisotopic (exact) mass is 590 g/mol. The third-order valence-electron chi connectivity index (χ3n) is 8.69. The van der Waals surface area contributed by atoms with Gasteiger partial charge in [-0.05, 0) is 55.9 Å². The molecule has 210 valence electrons. The van der Waals surface area contributed by atoms with Crippen LogP contribution in [0.25, 0.3) is 86.7 Å². The molecule has 0 aliphatic heterocycles. The maximum atomic E-state index is 5.39. The van der Waals surface area contributed by atoms with Crippen LogP contribution in [-0.4, -0.2) is 9.97 Å². The molecule has 0 aliphatic carbocycles. The van der Waals surface area contributed by atoms with Crippen LogP contribution in [0, 0.1) is 0 Å². The van der Waals surface area contributed by atoms with Gasteiger partial charge in [-0.3, -0.25) is 0 Å². The van der Waals surface area contributed by atoms with Crippen molar-refractivity contribution in [2.45, 2.75) is 0 Å². The van der Waals surface area contributed by atoms with Gasteiger partial charge in [-0.25, -0.2) is 9.97 Å². The first-order valence-electron chi connectivity index (χ1n) is 15.2. The van der Waals surface area contributed by atoms with Crippen LogP contribution < -0.4 is 0 Å². The summed E-state index contributed by atoms with van der Waals surface area (Å²) in [5.41, 5.74) is 7.85. The van der Waals surface area contributed by atoms with Crippen LogP contribution in [0.4, 0.5) is 0 Å². The smallest absolute Gasteiger partial charge is 0.162 e. The van der Waals surface area contributed by atoms with E-state index in [9.17, 15) is 0 Å². The van der Waals surface area contributed by atoms with Gasteiger partial charge in [-0.1, -0.05) is 146 Å². The van der Waals surface area contributed by atoms with Crippen molar-refractivity contribution in [3.05, 3.63) is 158 Å². The zero-order chi connectivity index (χ0) is 29.7. The Morgan fingerprint density at radius 2 is 0.978 bits per heavy atom. The number of benzene rings is 7. The Kier molecular flexibility index (Phi) is 6.03. The quantitative estimate of drug-likeness (QED) is 0.204. The van der Waals surface area contributed by atoms with E-state index in [4.69, 9.17) is 9.97 Å². The molecule has 9 aromatic rings. The summed E-state index contributed by atoms with van der Waals surface area (Å²) >= 11 is 1.76. The minimum absolute atomic E-state index is 0.752. The lowest BCUT2D eigenvalue weighted by Gasteiger charge is -2.11. The summed E-state index contributed by atoms with van der Waals surface area (Å²) in [6, 6.07) is 56.1. The van der Waals surface area contributed by atoms with E-state index in [0.717, 1.165) is 43.8 Å². The molecule has 0 atom stereocenters. The lowest BCUT2D eigenvalue weighted by atomic mass is 9.96. The summed E-state index contributed by atoms with van der Waals surface area (Å²) in [5, 5.41) is 7.14. The van der Waals surface area contributed by atoms with E-state index in [1.54, 1.807) is 11.3 Å². The van der Waals surface area contributed by atoms with E-state index < -0.39 is 0 Å². The number of nitrogens with zero attached hydrogens (tertiary/aromatic N) is 2. The molecular formula is C42H26N2S. The van der Waals surface area contributed by atoms with Gasteiger partial charge in [0, 0.05) is 26.6 Å². The summed E-state index contributed by atoms with van der Waals surface area (Å²) in [5.74, 6) is 0.752. The van der Waals surface area contributed by atoms with Crippen LogP contribution in [0.5, 0.6) is 0 Å². The van der Waals surface area contributed by atoms with Crippen molar-refractivity contribution in [3.63, 3.8) is 0 Å². The van der Waals surface area contributed by atoms with Crippen LogP contribution in [-0.2, 0) is 0 Å². The number of hydrogen-bond donors (Lipinski definition) is 0.